The number of hydrogen-bond acceptors (Lipinski definition) is 4. The van der Waals surface area contributed by atoms with Crippen LogP contribution in [0.15, 0.2) is 23.1 Å². The Morgan fingerprint density at radius 1 is 1.26 bits per heavy atom. The van der Waals surface area contributed by atoms with Crippen molar-refractivity contribution in [2.75, 3.05) is 13.2 Å². The third-order valence-corrected chi connectivity index (χ3v) is 6.40. The van der Waals surface area contributed by atoms with Crippen LogP contribution >= 0.6 is 11.8 Å². The van der Waals surface area contributed by atoms with Gasteiger partial charge in [-0.25, -0.2) is 0 Å². The first kappa shape index (κ1) is 15.5. The highest BCUT2D eigenvalue weighted by atomic mass is 32.2. The number of hydrogen-bond donors (Lipinski definition) is 1. The first-order valence-electron chi connectivity index (χ1n) is 8.48. The van der Waals surface area contributed by atoms with Crippen LogP contribution < -0.4 is 5.32 Å². The lowest BCUT2D eigenvalue weighted by Crippen LogP contribution is -2.46. The minimum atomic E-state index is -0.350. The maximum absolute atomic E-state index is 12.6. The molecule has 1 atom stereocenters. The Labute approximate surface area is 141 Å². The molecular formula is C18H23NO3S. The van der Waals surface area contributed by atoms with Gasteiger partial charge >= 0.3 is 0 Å². The number of fused-ring (bicyclic) bond motifs is 1. The quantitative estimate of drug-likeness (QED) is 0.904. The SMILES string of the molecule is Cc1ccc2c(c1)SC(C(=O)NC1CCC3(CC1)OCCO3)C2. The van der Waals surface area contributed by atoms with Crippen molar-refractivity contribution in [3.8, 4) is 0 Å². The normalized spacial score (nSPS) is 26.4. The van der Waals surface area contributed by atoms with Gasteiger partial charge in [0, 0.05) is 23.8 Å². The molecule has 2 aliphatic heterocycles. The van der Waals surface area contributed by atoms with Crippen LogP contribution in [0.4, 0.5) is 0 Å². The molecule has 1 amide bonds. The van der Waals surface area contributed by atoms with Crippen molar-refractivity contribution >= 4 is 17.7 Å². The predicted molar refractivity (Wildman–Crippen MR) is 89.6 cm³/mol. The van der Waals surface area contributed by atoms with Gasteiger partial charge in [0.1, 0.15) is 0 Å². The Kier molecular flexibility index (Phi) is 4.12. The molecule has 1 saturated carbocycles. The van der Waals surface area contributed by atoms with Gasteiger partial charge in [-0.3, -0.25) is 4.79 Å². The van der Waals surface area contributed by atoms with Crippen LogP contribution in [0.5, 0.6) is 0 Å². The first-order chi connectivity index (χ1) is 11.1. The second-order valence-corrected chi connectivity index (χ2v) is 8.06. The van der Waals surface area contributed by atoms with E-state index in [0.717, 1.165) is 32.1 Å². The molecule has 4 rings (SSSR count). The van der Waals surface area contributed by atoms with Crippen LogP contribution in [-0.2, 0) is 20.7 Å². The summed E-state index contributed by atoms with van der Waals surface area (Å²) in [6.45, 7) is 3.50. The molecule has 4 nitrogen and oxygen atoms in total. The molecule has 2 fully saturated rings. The Morgan fingerprint density at radius 3 is 2.74 bits per heavy atom. The third kappa shape index (κ3) is 3.14. The van der Waals surface area contributed by atoms with E-state index in [1.165, 1.54) is 16.0 Å². The van der Waals surface area contributed by atoms with Crippen LogP contribution in [0.3, 0.4) is 0 Å². The van der Waals surface area contributed by atoms with Crippen molar-refractivity contribution in [1.29, 1.82) is 0 Å². The fraction of sp³-hybridized carbons (Fsp3) is 0.611. The van der Waals surface area contributed by atoms with E-state index >= 15 is 0 Å². The first-order valence-corrected chi connectivity index (χ1v) is 9.36. The number of aryl methyl sites for hydroxylation is 1. The maximum Gasteiger partial charge on any atom is 0.234 e. The number of ether oxygens (including phenoxy) is 2. The lowest BCUT2D eigenvalue weighted by atomic mass is 9.90. The maximum atomic E-state index is 12.6. The minimum absolute atomic E-state index is 0.0154. The molecule has 23 heavy (non-hydrogen) atoms. The van der Waals surface area contributed by atoms with E-state index in [9.17, 15) is 4.79 Å². The number of carbonyl (C=O) groups excluding carboxylic acids is 1. The van der Waals surface area contributed by atoms with Crippen molar-refractivity contribution in [2.24, 2.45) is 0 Å². The monoisotopic (exact) mass is 333 g/mol. The number of nitrogens with one attached hydrogen (secondary N) is 1. The second kappa shape index (κ2) is 6.11. The van der Waals surface area contributed by atoms with E-state index < -0.39 is 0 Å². The van der Waals surface area contributed by atoms with E-state index in [2.05, 4.69) is 30.4 Å². The fourth-order valence-corrected chi connectivity index (χ4v) is 5.06. The van der Waals surface area contributed by atoms with Crippen LogP contribution in [0, 0.1) is 6.92 Å². The average molecular weight is 333 g/mol. The molecule has 0 aromatic heterocycles. The number of amides is 1. The molecule has 124 valence electrons. The van der Waals surface area contributed by atoms with Crippen LogP contribution in [-0.4, -0.2) is 36.2 Å². The van der Waals surface area contributed by atoms with Gasteiger partial charge in [-0.2, -0.15) is 0 Å². The largest absolute Gasteiger partial charge is 0.352 e. The van der Waals surface area contributed by atoms with Gasteiger partial charge in [0.2, 0.25) is 5.91 Å². The summed E-state index contributed by atoms with van der Waals surface area (Å²) >= 11 is 1.70. The molecule has 1 unspecified atom stereocenters. The molecule has 3 aliphatic rings. The predicted octanol–water partition coefficient (Wildman–Crippen LogP) is 2.81. The number of carbonyl (C=O) groups is 1. The minimum Gasteiger partial charge on any atom is -0.352 e. The van der Waals surface area contributed by atoms with Gasteiger partial charge in [0.25, 0.3) is 0 Å². The van der Waals surface area contributed by atoms with Crippen molar-refractivity contribution in [3.05, 3.63) is 29.3 Å². The molecule has 1 aromatic carbocycles. The molecule has 0 radical (unpaired) electrons. The molecule has 0 bridgehead atoms. The van der Waals surface area contributed by atoms with Gasteiger partial charge in [-0.1, -0.05) is 17.7 Å². The Bertz CT molecular complexity index is 602. The smallest absolute Gasteiger partial charge is 0.234 e. The zero-order chi connectivity index (χ0) is 15.9. The Morgan fingerprint density at radius 2 is 2.00 bits per heavy atom. The second-order valence-electron chi connectivity index (χ2n) is 6.81. The number of thioether (sulfide) groups is 1. The fourth-order valence-electron chi connectivity index (χ4n) is 3.76. The van der Waals surface area contributed by atoms with Crippen molar-refractivity contribution in [3.63, 3.8) is 0 Å². The lowest BCUT2D eigenvalue weighted by Gasteiger charge is -2.35. The summed E-state index contributed by atoms with van der Waals surface area (Å²) in [5.41, 5.74) is 2.56. The summed E-state index contributed by atoms with van der Waals surface area (Å²) in [6.07, 6.45) is 4.49. The van der Waals surface area contributed by atoms with Gasteiger partial charge in [-0.05, 0) is 37.8 Å². The highest BCUT2D eigenvalue weighted by Crippen LogP contribution is 2.39. The summed E-state index contributed by atoms with van der Waals surface area (Å²) in [5.74, 6) is -0.171. The zero-order valence-electron chi connectivity index (χ0n) is 13.5. The van der Waals surface area contributed by atoms with E-state index in [1.54, 1.807) is 11.8 Å². The van der Waals surface area contributed by atoms with Gasteiger partial charge < -0.3 is 14.8 Å². The van der Waals surface area contributed by atoms with Crippen LogP contribution in [0.25, 0.3) is 0 Å². The highest BCUT2D eigenvalue weighted by molar-refractivity contribution is 8.01. The van der Waals surface area contributed by atoms with Crippen molar-refractivity contribution in [1.82, 2.24) is 5.32 Å². The molecule has 1 spiro atoms. The van der Waals surface area contributed by atoms with Crippen molar-refractivity contribution in [2.45, 2.75) is 61.0 Å². The Hall–Kier alpha value is -1.04. The molecular weight excluding hydrogens is 310 g/mol. The van der Waals surface area contributed by atoms with E-state index in [0.29, 0.717) is 13.2 Å². The van der Waals surface area contributed by atoms with Gasteiger partial charge in [-0.15, -0.1) is 11.8 Å². The Balaban J connectivity index is 1.31. The van der Waals surface area contributed by atoms with Crippen LogP contribution in [0.2, 0.25) is 0 Å². The topological polar surface area (TPSA) is 47.6 Å². The number of rotatable bonds is 2. The molecule has 2 heterocycles. The highest BCUT2D eigenvalue weighted by Gasteiger charge is 2.41. The van der Waals surface area contributed by atoms with Gasteiger partial charge in [0.15, 0.2) is 5.79 Å². The van der Waals surface area contributed by atoms with Gasteiger partial charge in [0.05, 0.1) is 18.5 Å². The van der Waals surface area contributed by atoms with E-state index in [4.69, 9.17) is 9.47 Å². The number of benzene rings is 1. The van der Waals surface area contributed by atoms with E-state index in [1.807, 2.05) is 0 Å². The summed E-state index contributed by atoms with van der Waals surface area (Å²) in [7, 11) is 0. The zero-order valence-corrected chi connectivity index (χ0v) is 14.3. The standard InChI is InChI=1S/C18H23NO3S/c1-12-2-3-13-11-16(23-15(13)10-12)17(20)19-14-4-6-18(7-5-14)21-8-9-22-18/h2-3,10,14,16H,4-9,11H2,1H3,(H,19,20). The molecule has 1 aromatic rings. The molecule has 1 saturated heterocycles. The molecule has 1 aliphatic carbocycles. The third-order valence-electron chi connectivity index (χ3n) is 5.10. The average Bonchev–Trinajstić information content (AvgIpc) is 3.16. The summed E-state index contributed by atoms with van der Waals surface area (Å²) in [4.78, 5) is 13.8. The van der Waals surface area contributed by atoms with E-state index in [-0.39, 0.29) is 23.0 Å². The summed E-state index contributed by atoms with van der Waals surface area (Å²) < 4.78 is 11.5. The van der Waals surface area contributed by atoms with Crippen LogP contribution in [0.1, 0.15) is 36.8 Å². The molecule has 5 heteroatoms. The summed E-state index contributed by atoms with van der Waals surface area (Å²) in [5, 5.41) is 3.26. The molecule has 1 N–H and O–H groups in total. The lowest BCUT2D eigenvalue weighted by molar-refractivity contribution is -0.180. The summed E-state index contributed by atoms with van der Waals surface area (Å²) in [6, 6.07) is 6.73. The van der Waals surface area contributed by atoms with Crippen molar-refractivity contribution < 1.29 is 14.3 Å².